The van der Waals surface area contributed by atoms with E-state index in [2.05, 4.69) is 142 Å². The summed E-state index contributed by atoms with van der Waals surface area (Å²) < 4.78 is 0. The second-order valence-electron chi connectivity index (χ2n) is 22.1. The molecule has 0 heterocycles. The van der Waals surface area contributed by atoms with Crippen LogP contribution in [0.5, 0.6) is 0 Å². The van der Waals surface area contributed by atoms with E-state index >= 15 is 0 Å². The molecule has 0 rings (SSSR count). The summed E-state index contributed by atoms with van der Waals surface area (Å²) in [5, 5.41) is 11.0. The van der Waals surface area contributed by atoms with Crippen LogP contribution in [-0.4, -0.2) is 22.4 Å². The molecule has 0 bridgehead atoms. The van der Waals surface area contributed by atoms with Crippen LogP contribution in [0.4, 0.5) is 0 Å². The molecule has 0 aromatic rings. The predicted molar refractivity (Wildman–Crippen MR) is 388 cm³/mol. The number of aliphatic hydroxyl groups excluding tert-OH is 1. The van der Waals surface area contributed by atoms with Gasteiger partial charge in [-0.2, -0.15) is 0 Å². The number of halogens is 2. The molecule has 0 atom stereocenters. The number of terminal acetylenes is 2. The van der Waals surface area contributed by atoms with E-state index in [-0.39, 0.29) is 8.85 Å². The highest BCUT2D eigenvalue weighted by atomic mass is 79.9. The zero-order valence-electron chi connectivity index (χ0n) is 55.8. The van der Waals surface area contributed by atoms with Crippen LogP contribution in [-0.2, 0) is 0 Å². The number of hydrogen-bond acceptors (Lipinski definition) is 1. The van der Waals surface area contributed by atoms with E-state index < -0.39 is 0 Å². The van der Waals surface area contributed by atoms with Crippen molar-refractivity contribution in [1.29, 1.82) is 0 Å². The number of aliphatic hydroxyl groups is 1. The van der Waals surface area contributed by atoms with Gasteiger partial charge < -0.3 is 5.11 Å². The molecule has 0 aliphatic rings. The maximum atomic E-state index is 8.64. The standard InChI is InChI=1S/C16H32O.C16H32.C16H30.C12H22.C10H21Br.C4H9Br.C2H2.CH4.H2/c1-2-3-4-5-6-7-8-9-10-11-12-13-14-15-16-17;2*1-3-5-7-9-11-13-15-16-14-12-10-8-6-4-2;1-3-5-7-9-11-12-10-8-6-4-2;1-2-3-4-5-6-7-8-9-10-11;1-2-3-4-5;1-2;;/h5-6,17H,2-4,7-16H2,1H3;9,11H,3-8,10,12-16H2,1-2H3;3-9,11,13-16H2,1-2H3;1H,4-12H2,2H3;2-10H2,1H3;2-4H2,1H3;1-2H;1H4;1H/b6-5-;11-9-;;;;;;;. The Morgan fingerprint density at radius 1 is 0.287 bits per heavy atom. The third-order valence-electron chi connectivity index (χ3n) is 13.9. The van der Waals surface area contributed by atoms with Gasteiger partial charge in [-0.05, 0) is 77.0 Å². The molecule has 0 unspecified atom stereocenters. The summed E-state index contributed by atoms with van der Waals surface area (Å²) in [7, 11) is 0. The van der Waals surface area contributed by atoms with Crippen LogP contribution in [0.3, 0.4) is 0 Å². The molecule has 482 valence electrons. The Balaban J connectivity index is -0.000000111. The highest BCUT2D eigenvalue weighted by Crippen LogP contribution is 2.14. The lowest BCUT2D eigenvalue weighted by molar-refractivity contribution is 0.282. The summed E-state index contributed by atoms with van der Waals surface area (Å²) in [6.45, 7) is 18.4. The van der Waals surface area contributed by atoms with Gasteiger partial charge in [-0.25, -0.2) is 0 Å². The number of unbranched alkanes of at least 4 members (excludes halogenated alkanes) is 46. The largest absolute Gasteiger partial charge is 0.396 e. The van der Waals surface area contributed by atoms with E-state index in [4.69, 9.17) is 11.5 Å². The molecule has 80 heavy (non-hydrogen) atoms. The molecule has 0 aromatic carbocycles. The lowest BCUT2D eigenvalue weighted by Crippen LogP contribution is -1.84. The first-order chi connectivity index (χ1) is 39.0. The van der Waals surface area contributed by atoms with Crippen LogP contribution >= 0.6 is 31.9 Å². The Morgan fingerprint density at radius 3 is 0.775 bits per heavy atom. The normalized spacial score (nSPS) is 10.1. The second-order valence-corrected chi connectivity index (χ2v) is 23.7. The van der Waals surface area contributed by atoms with Gasteiger partial charge in [-0.1, -0.05) is 376 Å². The monoisotopic (exact) mass is 1250 g/mol. The molecule has 3 heteroatoms. The van der Waals surface area contributed by atoms with Gasteiger partial charge in [0.15, 0.2) is 0 Å². The van der Waals surface area contributed by atoms with Crippen LogP contribution in [0.25, 0.3) is 0 Å². The SMILES string of the molecule is C.C#C.C#CCCCCCCCCCC.CCCC/C=C\CCCCCCCCCC.CCCC/C=C\CCCCCCCCCCO.CCCCBr.CCCCC#CCCCCCCCCCC.CCCCCCCCCCBr.[HH]. The van der Waals surface area contributed by atoms with Gasteiger partial charge in [0, 0.05) is 38.0 Å². The molecule has 0 aliphatic heterocycles. The van der Waals surface area contributed by atoms with Gasteiger partial charge in [0.25, 0.3) is 0 Å². The third kappa shape index (κ3) is 132. The van der Waals surface area contributed by atoms with Crippen molar-refractivity contribution >= 4 is 31.9 Å². The van der Waals surface area contributed by atoms with Gasteiger partial charge in [0.2, 0.25) is 0 Å². The molecule has 0 aromatic heterocycles. The first-order valence-electron chi connectivity index (χ1n) is 35.2. The first-order valence-corrected chi connectivity index (χ1v) is 37.5. The summed E-state index contributed by atoms with van der Waals surface area (Å²) in [6, 6.07) is 0. The van der Waals surface area contributed by atoms with E-state index in [0.717, 1.165) is 31.0 Å². The Labute approximate surface area is 529 Å². The topological polar surface area (TPSA) is 20.2 Å². The molecule has 0 saturated carbocycles. The summed E-state index contributed by atoms with van der Waals surface area (Å²) in [4.78, 5) is 0. The lowest BCUT2D eigenvalue weighted by atomic mass is 10.1. The quantitative estimate of drug-likeness (QED) is 0.0279. The smallest absolute Gasteiger partial charge is 0.0431 e. The highest BCUT2D eigenvalue weighted by Gasteiger charge is 1.95. The average molecular weight is 1260 g/mol. The van der Waals surface area contributed by atoms with Crippen molar-refractivity contribution in [1.82, 2.24) is 0 Å². The molecule has 0 fully saturated rings. The van der Waals surface area contributed by atoms with Crippen LogP contribution in [0.1, 0.15) is 417 Å². The lowest BCUT2D eigenvalue weighted by Gasteiger charge is -2.00. The molecule has 0 spiro atoms. The Hall–Kier alpha value is -0.920. The van der Waals surface area contributed by atoms with E-state index in [0.29, 0.717) is 6.61 Å². The van der Waals surface area contributed by atoms with Crippen LogP contribution in [0.15, 0.2) is 24.3 Å². The van der Waals surface area contributed by atoms with Crippen molar-refractivity contribution in [3.05, 3.63) is 24.3 Å². The fraction of sp³-hybridized carbons (Fsp3) is 0.870. The van der Waals surface area contributed by atoms with Crippen LogP contribution in [0, 0.1) is 37.0 Å². The Kier molecular flexibility index (Phi) is 135. The minimum Gasteiger partial charge on any atom is -0.396 e. The summed E-state index contributed by atoms with van der Waals surface area (Å²) >= 11 is 6.75. The van der Waals surface area contributed by atoms with E-state index in [1.54, 1.807) is 0 Å². The summed E-state index contributed by atoms with van der Waals surface area (Å²) in [5.74, 6) is 9.22. The fourth-order valence-electron chi connectivity index (χ4n) is 8.46. The number of hydrogen-bond donors (Lipinski definition) is 1. The second kappa shape index (κ2) is 113. The van der Waals surface area contributed by atoms with Crippen molar-refractivity contribution in [2.24, 2.45) is 0 Å². The summed E-state index contributed by atoms with van der Waals surface area (Å²) in [5.41, 5.74) is 0. The van der Waals surface area contributed by atoms with E-state index in [1.165, 1.54) is 333 Å². The maximum Gasteiger partial charge on any atom is 0.0431 e. The zero-order valence-corrected chi connectivity index (χ0v) is 58.9. The Morgan fingerprint density at radius 2 is 0.512 bits per heavy atom. The van der Waals surface area contributed by atoms with E-state index in [1.807, 2.05) is 0 Å². The molecular weight excluding hydrogens is 1100 g/mol. The van der Waals surface area contributed by atoms with Gasteiger partial charge in [-0.3, -0.25) is 0 Å². The molecule has 0 aliphatic carbocycles. The number of alkyl halides is 2. The minimum atomic E-state index is 0. The van der Waals surface area contributed by atoms with Gasteiger partial charge in [0.1, 0.15) is 0 Å². The van der Waals surface area contributed by atoms with Crippen LogP contribution < -0.4 is 0 Å². The zero-order chi connectivity index (χ0) is 60.0. The molecule has 0 saturated heterocycles. The first kappa shape index (κ1) is 95.4. The van der Waals surface area contributed by atoms with Crippen molar-refractivity contribution in [3.63, 3.8) is 0 Å². The number of allylic oxidation sites excluding steroid dienone is 4. The molecule has 1 nitrogen and oxygen atoms in total. The Bertz CT molecular complexity index is 1090. The van der Waals surface area contributed by atoms with Gasteiger partial charge in [-0.15, -0.1) is 37.0 Å². The highest BCUT2D eigenvalue weighted by molar-refractivity contribution is 9.09. The average Bonchev–Trinajstić information content (AvgIpc) is 3.47. The molecule has 1 N–H and O–H groups in total. The van der Waals surface area contributed by atoms with Gasteiger partial charge >= 0.3 is 0 Å². The number of rotatable bonds is 53. The van der Waals surface area contributed by atoms with Crippen molar-refractivity contribution < 1.29 is 6.53 Å². The van der Waals surface area contributed by atoms with Gasteiger partial charge in [0.05, 0.1) is 0 Å². The minimum absolute atomic E-state index is 0. The fourth-order valence-corrected chi connectivity index (χ4v) is 9.42. The predicted octanol–water partition coefficient (Wildman–Crippen LogP) is 29.2. The van der Waals surface area contributed by atoms with Crippen LogP contribution in [0.2, 0.25) is 0 Å². The van der Waals surface area contributed by atoms with Crippen molar-refractivity contribution in [2.45, 2.75) is 416 Å². The van der Waals surface area contributed by atoms with Crippen molar-refractivity contribution in [3.8, 4) is 37.0 Å². The molecule has 0 amide bonds. The summed E-state index contributed by atoms with van der Waals surface area (Å²) in [6.07, 6.45) is 96.7. The maximum absolute atomic E-state index is 8.64. The third-order valence-corrected chi connectivity index (χ3v) is 15.0. The van der Waals surface area contributed by atoms with Crippen molar-refractivity contribution in [2.75, 3.05) is 17.3 Å². The molecular formula is C77H154Br2O. The van der Waals surface area contributed by atoms with E-state index in [9.17, 15) is 0 Å². The molecule has 0 radical (unpaired) electrons.